The molecular formula is C36H60O7. The van der Waals surface area contributed by atoms with Crippen LogP contribution in [0.2, 0.25) is 0 Å². The molecule has 14 atom stereocenters. The molecule has 2 aliphatic rings. The maximum atomic E-state index is 13.1. The average molecular weight is 605 g/mol. The summed E-state index contributed by atoms with van der Waals surface area (Å²) in [5.74, 6) is 2.00. The van der Waals surface area contributed by atoms with Crippen molar-refractivity contribution in [3.05, 3.63) is 35.9 Å². The Morgan fingerprint density at radius 2 is 1.35 bits per heavy atom. The van der Waals surface area contributed by atoms with Gasteiger partial charge in [-0.2, -0.15) is 0 Å². The normalized spacial score (nSPS) is 36.0. The fraction of sp³-hybridized carbons (Fsp3) is 0.806. The van der Waals surface area contributed by atoms with Gasteiger partial charge in [-0.15, -0.1) is 0 Å². The number of carbonyl (C=O) groups is 1. The fourth-order valence-corrected chi connectivity index (χ4v) is 6.87. The third-order valence-corrected chi connectivity index (χ3v) is 11.1. The van der Waals surface area contributed by atoms with Crippen LogP contribution in [0.25, 0.3) is 0 Å². The van der Waals surface area contributed by atoms with Gasteiger partial charge < -0.3 is 28.4 Å². The predicted octanol–water partition coefficient (Wildman–Crippen LogP) is 7.62. The van der Waals surface area contributed by atoms with E-state index in [1.165, 1.54) is 0 Å². The van der Waals surface area contributed by atoms with Crippen molar-refractivity contribution >= 4 is 5.97 Å². The molecule has 0 unspecified atom stereocenters. The minimum Gasteiger partial charge on any atom is -0.456 e. The van der Waals surface area contributed by atoms with Gasteiger partial charge in [-0.25, -0.2) is 4.79 Å². The molecule has 2 fully saturated rings. The molecule has 3 rings (SSSR count). The van der Waals surface area contributed by atoms with Crippen LogP contribution in [0, 0.1) is 47.3 Å². The van der Waals surface area contributed by atoms with Gasteiger partial charge in [-0.05, 0) is 48.1 Å². The van der Waals surface area contributed by atoms with Crippen molar-refractivity contribution in [3.63, 3.8) is 0 Å². The Bertz CT molecular complexity index is 954. The van der Waals surface area contributed by atoms with Crippen LogP contribution in [0.5, 0.6) is 0 Å². The number of esters is 1. The maximum absolute atomic E-state index is 13.1. The number of rotatable bonds is 14. The van der Waals surface area contributed by atoms with E-state index in [0.717, 1.165) is 12.8 Å². The third kappa shape index (κ3) is 8.82. The quantitative estimate of drug-likeness (QED) is 0.202. The van der Waals surface area contributed by atoms with E-state index in [-0.39, 0.29) is 49.0 Å². The summed E-state index contributed by atoms with van der Waals surface area (Å²) in [5.41, 5.74) is 0.521. The molecule has 0 spiro atoms. The summed E-state index contributed by atoms with van der Waals surface area (Å²) in [6.45, 7) is 22.7. The van der Waals surface area contributed by atoms with Gasteiger partial charge in [-0.3, -0.25) is 0 Å². The Labute approximate surface area is 261 Å². The summed E-state index contributed by atoms with van der Waals surface area (Å²) >= 11 is 0. The Hall–Kier alpha value is -1.51. The fourth-order valence-electron chi connectivity index (χ4n) is 6.87. The van der Waals surface area contributed by atoms with E-state index in [0.29, 0.717) is 47.7 Å². The first kappa shape index (κ1) is 36.0. The number of benzene rings is 1. The molecule has 0 radical (unpaired) electrons. The van der Waals surface area contributed by atoms with Crippen molar-refractivity contribution in [2.24, 2.45) is 47.3 Å². The zero-order valence-electron chi connectivity index (χ0n) is 28.7. The van der Waals surface area contributed by atoms with Gasteiger partial charge in [0, 0.05) is 24.9 Å². The first-order valence-electron chi connectivity index (χ1n) is 16.8. The van der Waals surface area contributed by atoms with Crippen LogP contribution in [0.1, 0.15) is 92.4 Å². The van der Waals surface area contributed by atoms with Crippen LogP contribution in [-0.4, -0.2) is 63.3 Å². The Morgan fingerprint density at radius 3 is 1.91 bits per heavy atom. The van der Waals surface area contributed by atoms with E-state index in [9.17, 15) is 4.79 Å². The SMILES string of the molecule is CC[C@@H](C)[C@@H](OC)[C@H](C)[C@@H](CO[C@@H]1O[C@H](CO[C@@H]2O[C@H](CC)[C@@H](C)[C@H](C)[C@H]2C)[C@@H](C)[C@H](C)[C@H]1C)OC(=O)c1ccccc1. The minimum atomic E-state index is -0.502. The van der Waals surface area contributed by atoms with Crippen LogP contribution in [-0.2, 0) is 28.4 Å². The summed E-state index contributed by atoms with van der Waals surface area (Å²) in [4.78, 5) is 13.1. The molecule has 2 heterocycles. The van der Waals surface area contributed by atoms with Gasteiger partial charge in [0.25, 0.3) is 0 Å². The molecule has 0 aliphatic carbocycles. The second-order valence-corrected chi connectivity index (χ2v) is 13.6. The molecule has 1 aromatic carbocycles. The smallest absolute Gasteiger partial charge is 0.338 e. The van der Waals surface area contributed by atoms with Crippen LogP contribution in [0.4, 0.5) is 0 Å². The Balaban J connectivity index is 1.71. The molecule has 0 amide bonds. The highest BCUT2D eigenvalue weighted by Crippen LogP contribution is 2.39. The molecule has 0 saturated carbocycles. The van der Waals surface area contributed by atoms with E-state index < -0.39 is 12.4 Å². The largest absolute Gasteiger partial charge is 0.456 e. The molecule has 0 N–H and O–H groups in total. The van der Waals surface area contributed by atoms with Crippen molar-refractivity contribution in [3.8, 4) is 0 Å². The third-order valence-electron chi connectivity index (χ3n) is 11.1. The molecule has 2 aliphatic heterocycles. The van der Waals surface area contributed by atoms with Gasteiger partial charge in [0.2, 0.25) is 0 Å². The van der Waals surface area contributed by atoms with Crippen molar-refractivity contribution in [2.45, 2.75) is 119 Å². The molecule has 0 bridgehead atoms. The number of hydrogen-bond donors (Lipinski definition) is 0. The summed E-state index contributed by atoms with van der Waals surface area (Å²) in [6.07, 6.45) is 0.754. The maximum Gasteiger partial charge on any atom is 0.338 e. The van der Waals surface area contributed by atoms with E-state index in [1.54, 1.807) is 19.2 Å². The molecule has 2 saturated heterocycles. The molecule has 7 nitrogen and oxygen atoms in total. The number of ether oxygens (including phenoxy) is 6. The van der Waals surface area contributed by atoms with E-state index >= 15 is 0 Å². The summed E-state index contributed by atoms with van der Waals surface area (Å²) < 4.78 is 38.0. The monoisotopic (exact) mass is 604 g/mol. The summed E-state index contributed by atoms with van der Waals surface area (Å²) in [5, 5.41) is 0. The van der Waals surface area contributed by atoms with Crippen molar-refractivity contribution in [1.82, 2.24) is 0 Å². The number of carbonyl (C=O) groups excluding carboxylic acids is 1. The standard InChI is InChI=1S/C36H60O7/c1-12-21(3)33(38-11)28(10)32(41-34(37)29-17-15-14-16-18-29)20-40-36-27(9)23(5)25(7)31(43-36)19-39-35-26(8)22(4)24(6)30(13-2)42-35/h14-18,21-28,30-33,35-36H,12-13,19-20H2,1-11H3/t21-,22+,23+,24+,25+,26-,27-,28-,30-,31-,32-,33-,35-,36-/m1/s1. The molecule has 7 heteroatoms. The summed E-state index contributed by atoms with van der Waals surface area (Å²) in [6, 6.07) is 9.11. The highest BCUT2D eigenvalue weighted by molar-refractivity contribution is 5.89. The van der Waals surface area contributed by atoms with E-state index in [2.05, 4.69) is 69.2 Å². The second kappa shape index (κ2) is 16.7. The molecule has 1 aromatic rings. The number of methoxy groups -OCH3 is 1. The highest BCUT2D eigenvalue weighted by atomic mass is 16.7. The van der Waals surface area contributed by atoms with Crippen LogP contribution in [0.15, 0.2) is 30.3 Å². The van der Waals surface area contributed by atoms with Crippen molar-refractivity contribution in [1.29, 1.82) is 0 Å². The van der Waals surface area contributed by atoms with Crippen LogP contribution < -0.4 is 0 Å². The zero-order valence-corrected chi connectivity index (χ0v) is 28.7. The highest BCUT2D eigenvalue weighted by Gasteiger charge is 2.43. The Kier molecular flexibility index (Phi) is 14.0. The first-order valence-corrected chi connectivity index (χ1v) is 16.8. The average Bonchev–Trinajstić information content (AvgIpc) is 3.02. The molecule has 43 heavy (non-hydrogen) atoms. The van der Waals surface area contributed by atoms with E-state index in [4.69, 9.17) is 28.4 Å². The number of hydrogen-bond acceptors (Lipinski definition) is 7. The molecule has 246 valence electrons. The van der Waals surface area contributed by atoms with Gasteiger partial charge in [0.1, 0.15) is 6.10 Å². The lowest BCUT2D eigenvalue weighted by atomic mass is 9.78. The van der Waals surface area contributed by atoms with E-state index in [1.807, 2.05) is 18.2 Å². The Morgan fingerprint density at radius 1 is 0.791 bits per heavy atom. The van der Waals surface area contributed by atoms with Crippen LogP contribution in [0.3, 0.4) is 0 Å². The lowest BCUT2D eigenvalue weighted by Gasteiger charge is -2.46. The zero-order chi connectivity index (χ0) is 31.8. The molecule has 0 aromatic heterocycles. The van der Waals surface area contributed by atoms with Gasteiger partial charge in [0.05, 0.1) is 37.1 Å². The second-order valence-electron chi connectivity index (χ2n) is 13.6. The lowest BCUT2D eigenvalue weighted by molar-refractivity contribution is -0.292. The van der Waals surface area contributed by atoms with Gasteiger partial charge in [-0.1, -0.05) is 93.9 Å². The van der Waals surface area contributed by atoms with Crippen molar-refractivity contribution in [2.75, 3.05) is 20.3 Å². The van der Waals surface area contributed by atoms with Gasteiger partial charge in [0.15, 0.2) is 12.6 Å². The predicted molar refractivity (Wildman–Crippen MR) is 170 cm³/mol. The lowest BCUT2D eigenvalue weighted by Crippen LogP contribution is -2.51. The van der Waals surface area contributed by atoms with Crippen molar-refractivity contribution < 1.29 is 33.2 Å². The first-order chi connectivity index (χ1) is 20.4. The van der Waals surface area contributed by atoms with Gasteiger partial charge >= 0.3 is 5.97 Å². The topological polar surface area (TPSA) is 72.5 Å². The minimum absolute atomic E-state index is 0.0807. The summed E-state index contributed by atoms with van der Waals surface area (Å²) in [7, 11) is 1.73. The molecular weight excluding hydrogens is 544 g/mol. The van der Waals surface area contributed by atoms with Crippen LogP contribution >= 0.6 is 0 Å².